The van der Waals surface area contributed by atoms with Crippen LogP contribution in [0, 0.1) is 0 Å². The number of hydrogen-bond acceptors (Lipinski definition) is 9. The van der Waals surface area contributed by atoms with Gasteiger partial charge in [0, 0.05) is 12.1 Å². The number of nitrogens with one attached hydrogen (secondary N) is 1. The summed E-state index contributed by atoms with van der Waals surface area (Å²) in [6.07, 6.45) is 3.84. The van der Waals surface area contributed by atoms with Gasteiger partial charge in [0.1, 0.15) is 5.69 Å². The number of rotatable bonds is 6. The zero-order valence-electron chi connectivity index (χ0n) is 17.2. The third-order valence-corrected chi connectivity index (χ3v) is 5.42. The van der Waals surface area contributed by atoms with Crippen LogP contribution in [0.4, 0.5) is 5.82 Å². The summed E-state index contributed by atoms with van der Waals surface area (Å²) in [5, 5.41) is 21.9. The van der Waals surface area contributed by atoms with Crippen LogP contribution in [-0.4, -0.2) is 55.4 Å². The van der Waals surface area contributed by atoms with E-state index < -0.39 is 5.91 Å². The number of benzene rings is 2. The third-order valence-electron chi connectivity index (χ3n) is 5.42. The van der Waals surface area contributed by atoms with Gasteiger partial charge in [0.15, 0.2) is 5.69 Å². The highest BCUT2D eigenvalue weighted by Crippen LogP contribution is 2.19. The highest BCUT2D eigenvalue weighted by atomic mass is 16.6. The number of nitrogens with zero attached hydrogens (tertiary/aromatic N) is 7. The van der Waals surface area contributed by atoms with Gasteiger partial charge in [0.25, 0.3) is 5.91 Å². The predicted octanol–water partition coefficient (Wildman–Crippen LogP) is 1.75. The number of fused-ring (bicyclic) bond motifs is 1. The van der Waals surface area contributed by atoms with Crippen LogP contribution in [0.1, 0.15) is 34.6 Å². The van der Waals surface area contributed by atoms with Crippen LogP contribution in [0.5, 0.6) is 0 Å². The number of amides is 1. The molecule has 1 aliphatic heterocycles. The minimum atomic E-state index is -0.483. The normalized spacial score (nSPS) is 14.5. The van der Waals surface area contributed by atoms with Gasteiger partial charge in [-0.3, -0.25) is 9.69 Å². The smallest absolute Gasteiger partial charge is 0.292 e. The number of nitrogen functional groups attached to an aromatic ring is 1. The first-order valence-corrected chi connectivity index (χ1v) is 10.3. The molecule has 2 aromatic carbocycles. The summed E-state index contributed by atoms with van der Waals surface area (Å²) in [6.45, 7) is 2.38. The molecule has 3 N–H and O–H groups in total. The van der Waals surface area contributed by atoms with Crippen molar-refractivity contribution in [1.29, 1.82) is 0 Å². The maximum Gasteiger partial charge on any atom is 0.292 e. The van der Waals surface area contributed by atoms with Crippen molar-refractivity contribution in [3.8, 4) is 5.82 Å². The van der Waals surface area contributed by atoms with Crippen molar-refractivity contribution in [1.82, 2.24) is 35.6 Å². The van der Waals surface area contributed by atoms with E-state index in [4.69, 9.17) is 5.73 Å². The molecule has 0 unspecified atom stereocenters. The van der Waals surface area contributed by atoms with Gasteiger partial charge in [0.05, 0.1) is 6.21 Å². The highest BCUT2D eigenvalue weighted by Gasteiger charge is 2.26. The number of nitrogens with two attached hydrogens (primary N) is 1. The standard InChI is InChI=1S/C21H21N9O2/c22-19-20(27-32-26-19)30-18(17(24-28-30)13-29-10-3-4-11-29)21(31)25-23-12-15-8-5-7-14-6-1-2-9-16(14)15/h1-2,5-9,12H,3-4,10-11,13H2,(H2,22,26)(H,25,31)/b23-12+. The molecule has 1 amide bonds. The average molecular weight is 431 g/mol. The molecule has 0 bridgehead atoms. The maximum absolute atomic E-state index is 13.1. The van der Waals surface area contributed by atoms with Crippen LogP contribution in [0.2, 0.25) is 0 Å². The highest BCUT2D eigenvalue weighted by molar-refractivity contribution is 6.00. The number of carbonyl (C=O) groups is 1. The van der Waals surface area contributed by atoms with Gasteiger partial charge in [-0.2, -0.15) is 9.78 Å². The fourth-order valence-corrected chi connectivity index (χ4v) is 3.86. The lowest BCUT2D eigenvalue weighted by Crippen LogP contribution is -2.26. The second kappa shape index (κ2) is 8.55. The van der Waals surface area contributed by atoms with Gasteiger partial charge in [-0.25, -0.2) is 10.1 Å². The molecule has 1 fully saturated rings. The first kappa shape index (κ1) is 19.8. The SMILES string of the molecule is Nc1nonc1-n1nnc(CN2CCCC2)c1C(=O)N/N=C/c1cccc2ccccc12. The molecule has 5 rings (SSSR count). The molecule has 1 saturated heterocycles. The summed E-state index contributed by atoms with van der Waals surface area (Å²) >= 11 is 0. The Hall–Kier alpha value is -4.12. The first-order chi connectivity index (χ1) is 15.7. The summed E-state index contributed by atoms with van der Waals surface area (Å²) in [5.74, 6) is -0.368. The van der Waals surface area contributed by atoms with Crippen molar-refractivity contribution in [3.63, 3.8) is 0 Å². The Bertz CT molecular complexity index is 1280. The van der Waals surface area contributed by atoms with Crippen molar-refractivity contribution >= 4 is 28.7 Å². The molecule has 162 valence electrons. The molecule has 0 atom stereocenters. The van der Waals surface area contributed by atoms with E-state index in [1.807, 2.05) is 42.5 Å². The molecular formula is C21H21N9O2. The molecule has 11 nitrogen and oxygen atoms in total. The molecule has 1 aliphatic rings. The summed E-state index contributed by atoms with van der Waals surface area (Å²) in [4.78, 5) is 15.3. The Labute approximate surface area is 182 Å². The Morgan fingerprint density at radius 2 is 1.97 bits per heavy atom. The van der Waals surface area contributed by atoms with Gasteiger partial charge in [-0.1, -0.05) is 47.7 Å². The molecule has 4 aromatic rings. The van der Waals surface area contributed by atoms with E-state index >= 15 is 0 Å². The van der Waals surface area contributed by atoms with Gasteiger partial charge >= 0.3 is 0 Å². The fourth-order valence-electron chi connectivity index (χ4n) is 3.86. The van der Waals surface area contributed by atoms with Crippen molar-refractivity contribution < 1.29 is 9.42 Å². The summed E-state index contributed by atoms with van der Waals surface area (Å²) in [6, 6.07) is 13.9. The molecule has 0 spiro atoms. The predicted molar refractivity (Wildman–Crippen MR) is 117 cm³/mol. The largest absolute Gasteiger partial charge is 0.378 e. The van der Waals surface area contributed by atoms with E-state index in [1.54, 1.807) is 6.21 Å². The van der Waals surface area contributed by atoms with E-state index in [0.717, 1.165) is 42.3 Å². The number of hydrazone groups is 1. The monoisotopic (exact) mass is 431 g/mol. The van der Waals surface area contributed by atoms with Gasteiger partial charge < -0.3 is 5.73 Å². The Balaban J connectivity index is 1.43. The summed E-state index contributed by atoms with van der Waals surface area (Å²) < 4.78 is 5.91. The number of likely N-dealkylation sites (tertiary alicyclic amines) is 1. The minimum Gasteiger partial charge on any atom is -0.378 e. The van der Waals surface area contributed by atoms with Gasteiger partial charge in [-0.05, 0) is 47.0 Å². The molecule has 32 heavy (non-hydrogen) atoms. The Kier molecular flexibility index (Phi) is 5.30. The summed E-state index contributed by atoms with van der Waals surface area (Å²) in [5.41, 5.74) is 9.97. The average Bonchev–Trinajstić information content (AvgIpc) is 3.56. The fraction of sp³-hybridized carbons (Fsp3) is 0.238. The maximum atomic E-state index is 13.1. The van der Waals surface area contributed by atoms with E-state index in [9.17, 15) is 4.79 Å². The third kappa shape index (κ3) is 3.81. The second-order valence-corrected chi connectivity index (χ2v) is 7.52. The lowest BCUT2D eigenvalue weighted by Gasteiger charge is -2.13. The Morgan fingerprint density at radius 1 is 1.16 bits per heavy atom. The molecule has 0 aliphatic carbocycles. The first-order valence-electron chi connectivity index (χ1n) is 10.3. The second-order valence-electron chi connectivity index (χ2n) is 7.52. The van der Waals surface area contributed by atoms with Crippen LogP contribution < -0.4 is 11.2 Å². The molecule has 3 heterocycles. The number of hydrogen-bond donors (Lipinski definition) is 2. The van der Waals surface area contributed by atoms with Crippen molar-refractivity contribution in [2.75, 3.05) is 18.8 Å². The number of anilines is 1. The molecule has 2 aromatic heterocycles. The molecule has 11 heteroatoms. The summed E-state index contributed by atoms with van der Waals surface area (Å²) in [7, 11) is 0. The zero-order chi connectivity index (χ0) is 21.9. The van der Waals surface area contributed by atoms with Crippen LogP contribution in [0.3, 0.4) is 0 Å². The molecule has 0 radical (unpaired) electrons. The van der Waals surface area contributed by atoms with Crippen molar-refractivity contribution in [3.05, 3.63) is 59.4 Å². The zero-order valence-corrected chi connectivity index (χ0v) is 17.2. The van der Waals surface area contributed by atoms with Gasteiger partial charge in [-0.15, -0.1) is 5.10 Å². The van der Waals surface area contributed by atoms with Crippen LogP contribution in [0.25, 0.3) is 16.6 Å². The minimum absolute atomic E-state index is 0.0101. The molecular weight excluding hydrogens is 410 g/mol. The van der Waals surface area contributed by atoms with Crippen LogP contribution >= 0.6 is 0 Å². The number of aromatic nitrogens is 5. The molecule has 0 saturated carbocycles. The topological polar surface area (TPSA) is 140 Å². The van der Waals surface area contributed by atoms with Gasteiger partial charge in [0.2, 0.25) is 11.6 Å². The van der Waals surface area contributed by atoms with Crippen molar-refractivity contribution in [2.45, 2.75) is 19.4 Å². The lowest BCUT2D eigenvalue weighted by molar-refractivity contribution is 0.0945. The van der Waals surface area contributed by atoms with Crippen molar-refractivity contribution in [2.24, 2.45) is 5.10 Å². The van der Waals surface area contributed by atoms with Crippen LogP contribution in [0.15, 0.2) is 52.2 Å². The van der Waals surface area contributed by atoms with E-state index in [0.29, 0.717) is 12.2 Å². The Morgan fingerprint density at radius 3 is 2.78 bits per heavy atom. The van der Waals surface area contributed by atoms with E-state index in [2.05, 4.69) is 40.7 Å². The van der Waals surface area contributed by atoms with Crippen LogP contribution in [-0.2, 0) is 6.54 Å². The number of carbonyl (C=O) groups excluding carboxylic acids is 1. The van der Waals surface area contributed by atoms with E-state index in [-0.39, 0.29) is 17.3 Å². The van der Waals surface area contributed by atoms with E-state index in [1.165, 1.54) is 4.68 Å². The quantitative estimate of drug-likeness (QED) is 0.347. The lowest BCUT2D eigenvalue weighted by atomic mass is 10.1.